The van der Waals surface area contributed by atoms with Crippen molar-refractivity contribution in [1.82, 2.24) is 5.16 Å². The molecule has 0 radical (unpaired) electrons. The SMILES string of the molecule is Cc1ccc(OCC(=O)Nc2cc(C(C)(C)C)no2)c([N+](=O)[O-])c1. The van der Waals surface area contributed by atoms with Crippen LogP contribution in [0.15, 0.2) is 28.8 Å². The Morgan fingerprint density at radius 1 is 1.38 bits per heavy atom. The summed E-state index contributed by atoms with van der Waals surface area (Å²) in [5, 5.41) is 17.4. The van der Waals surface area contributed by atoms with Crippen LogP contribution in [0.5, 0.6) is 5.75 Å². The standard InChI is InChI=1S/C16H19N3O5/c1-10-5-6-12(11(7-10)19(21)22)23-9-14(20)17-15-8-13(18-24-15)16(2,3)4/h5-8H,9H2,1-4H3,(H,17,20). The first kappa shape index (κ1) is 17.5. The van der Waals surface area contributed by atoms with Crippen molar-refractivity contribution in [2.45, 2.75) is 33.1 Å². The Labute approximate surface area is 138 Å². The third kappa shape index (κ3) is 4.31. The molecular formula is C16H19N3O5. The lowest BCUT2D eigenvalue weighted by Gasteiger charge is -2.12. The number of nitro benzene ring substituents is 1. The second-order valence-electron chi connectivity index (χ2n) is 6.39. The quantitative estimate of drug-likeness (QED) is 0.665. The van der Waals surface area contributed by atoms with Crippen LogP contribution in [0.25, 0.3) is 0 Å². The lowest BCUT2D eigenvalue weighted by molar-refractivity contribution is -0.385. The number of rotatable bonds is 5. The molecule has 0 saturated heterocycles. The number of aromatic nitrogens is 1. The first-order valence-electron chi connectivity index (χ1n) is 7.31. The molecule has 2 rings (SSSR count). The molecule has 0 spiro atoms. The summed E-state index contributed by atoms with van der Waals surface area (Å²) < 4.78 is 10.3. The molecule has 0 atom stereocenters. The molecule has 8 nitrogen and oxygen atoms in total. The molecule has 0 aliphatic carbocycles. The first-order chi connectivity index (χ1) is 11.2. The average Bonchev–Trinajstić information content (AvgIpc) is 2.94. The van der Waals surface area contributed by atoms with Crippen LogP contribution < -0.4 is 10.1 Å². The molecule has 0 fully saturated rings. The highest BCUT2D eigenvalue weighted by atomic mass is 16.6. The van der Waals surface area contributed by atoms with E-state index in [9.17, 15) is 14.9 Å². The van der Waals surface area contributed by atoms with Gasteiger partial charge in [0.25, 0.3) is 5.91 Å². The van der Waals surface area contributed by atoms with Gasteiger partial charge in [0.15, 0.2) is 12.4 Å². The fraction of sp³-hybridized carbons (Fsp3) is 0.375. The van der Waals surface area contributed by atoms with Crippen LogP contribution >= 0.6 is 0 Å². The van der Waals surface area contributed by atoms with E-state index in [4.69, 9.17) is 9.26 Å². The molecule has 2 aromatic rings. The van der Waals surface area contributed by atoms with Gasteiger partial charge in [0.05, 0.1) is 10.6 Å². The highest BCUT2D eigenvalue weighted by Crippen LogP contribution is 2.28. The molecule has 1 N–H and O–H groups in total. The number of nitrogens with zero attached hydrogens (tertiary/aromatic N) is 2. The smallest absolute Gasteiger partial charge is 0.311 e. The number of aryl methyl sites for hydroxylation is 1. The zero-order valence-corrected chi connectivity index (χ0v) is 14.0. The second-order valence-corrected chi connectivity index (χ2v) is 6.39. The van der Waals surface area contributed by atoms with Gasteiger partial charge in [0.2, 0.25) is 5.88 Å². The van der Waals surface area contributed by atoms with Gasteiger partial charge in [-0.25, -0.2) is 0 Å². The van der Waals surface area contributed by atoms with E-state index in [-0.39, 0.29) is 29.3 Å². The lowest BCUT2D eigenvalue weighted by atomic mass is 9.92. The van der Waals surface area contributed by atoms with Crippen molar-refractivity contribution >= 4 is 17.5 Å². The van der Waals surface area contributed by atoms with Gasteiger partial charge in [0.1, 0.15) is 0 Å². The lowest BCUT2D eigenvalue weighted by Crippen LogP contribution is -2.20. The number of carbonyl (C=O) groups is 1. The third-order valence-electron chi connectivity index (χ3n) is 3.21. The predicted molar refractivity (Wildman–Crippen MR) is 87.2 cm³/mol. The molecule has 0 unspecified atom stereocenters. The molecular weight excluding hydrogens is 314 g/mol. The molecule has 8 heteroatoms. The number of nitro groups is 1. The van der Waals surface area contributed by atoms with Gasteiger partial charge in [-0.3, -0.25) is 20.2 Å². The van der Waals surface area contributed by atoms with E-state index in [1.165, 1.54) is 12.1 Å². The topological polar surface area (TPSA) is 108 Å². The number of benzene rings is 1. The molecule has 0 aliphatic rings. The van der Waals surface area contributed by atoms with Crippen molar-refractivity contribution in [2.75, 3.05) is 11.9 Å². The number of nitrogens with one attached hydrogen (secondary N) is 1. The van der Waals surface area contributed by atoms with Crippen LogP contribution in [0.4, 0.5) is 11.6 Å². The minimum Gasteiger partial charge on any atom is -0.477 e. The van der Waals surface area contributed by atoms with Crippen molar-refractivity contribution < 1.29 is 19.0 Å². The fourth-order valence-electron chi connectivity index (χ4n) is 1.90. The van der Waals surface area contributed by atoms with E-state index in [1.54, 1.807) is 19.1 Å². The second kappa shape index (κ2) is 6.69. The number of anilines is 1. The summed E-state index contributed by atoms with van der Waals surface area (Å²) >= 11 is 0. The number of ether oxygens (including phenoxy) is 1. The van der Waals surface area contributed by atoms with E-state index in [1.807, 2.05) is 20.8 Å². The maximum Gasteiger partial charge on any atom is 0.311 e. The number of hydrogen-bond acceptors (Lipinski definition) is 6. The summed E-state index contributed by atoms with van der Waals surface area (Å²) in [5.74, 6) is -0.262. The average molecular weight is 333 g/mol. The Morgan fingerprint density at radius 2 is 2.08 bits per heavy atom. The van der Waals surface area contributed by atoms with Crippen LogP contribution in [0.2, 0.25) is 0 Å². The van der Waals surface area contributed by atoms with Gasteiger partial charge >= 0.3 is 5.69 Å². The summed E-state index contributed by atoms with van der Waals surface area (Å²) in [6.07, 6.45) is 0. The monoisotopic (exact) mass is 333 g/mol. The summed E-state index contributed by atoms with van der Waals surface area (Å²) in [6.45, 7) is 7.26. The third-order valence-corrected chi connectivity index (χ3v) is 3.21. The molecule has 128 valence electrons. The predicted octanol–water partition coefficient (Wildman–Crippen LogP) is 3.21. The van der Waals surface area contributed by atoms with Gasteiger partial charge in [-0.05, 0) is 18.6 Å². The first-order valence-corrected chi connectivity index (χ1v) is 7.31. The minimum absolute atomic E-state index is 0.0358. The highest BCUT2D eigenvalue weighted by molar-refractivity contribution is 5.90. The summed E-state index contributed by atoms with van der Waals surface area (Å²) in [5.41, 5.74) is 1.05. The summed E-state index contributed by atoms with van der Waals surface area (Å²) in [4.78, 5) is 22.4. The molecule has 1 amide bonds. The largest absolute Gasteiger partial charge is 0.477 e. The van der Waals surface area contributed by atoms with E-state index in [2.05, 4.69) is 10.5 Å². The van der Waals surface area contributed by atoms with Crippen LogP contribution in [0.1, 0.15) is 32.0 Å². The van der Waals surface area contributed by atoms with Crippen LogP contribution in [0.3, 0.4) is 0 Å². The molecule has 1 heterocycles. The Bertz CT molecular complexity index is 761. The Balaban J connectivity index is 1.99. The zero-order chi connectivity index (χ0) is 17.9. The van der Waals surface area contributed by atoms with E-state index < -0.39 is 10.8 Å². The maximum atomic E-state index is 11.9. The Kier molecular flexibility index (Phi) is 4.87. The van der Waals surface area contributed by atoms with Crippen molar-refractivity contribution in [1.29, 1.82) is 0 Å². The summed E-state index contributed by atoms with van der Waals surface area (Å²) in [7, 11) is 0. The van der Waals surface area contributed by atoms with E-state index in [0.29, 0.717) is 5.69 Å². The zero-order valence-electron chi connectivity index (χ0n) is 14.0. The molecule has 1 aromatic heterocycles. The van der Waals surface area contributed by atoms with Crippen molar-refractivity contribution in [3.05, 3.63) is 45.6 Å². The molecule has 24 heavy (non-hydrogen) atoms. The van der Waals surface area contributed by atoms with Gasteiger partial charge in [-0.2, -0.15) is 0 Å². The Hall–Kier alpha value is -2.90. The van der Waals surface area contributed by atoms with Gasteiger partial charge in [0, 0.05) is 17.5 Å². The minimum atomic E-state index is -0.549. The fourth-order valence-corrected chi connectivity index (χ4v) is 1.90. The van der Waals surface area contributed by atoms with E-state index in [0.717, 1.165) is 5.56 Å². The van der Waals surface area contributed by atoms with Gasteiger partial charge in [-0.15, -0.1) is 0 Å². The van der Waals surface area contributed by atoms with E-state index >= 15 is 0 Å². The van der Waals surface area contributed by atoms with Crippen molar-refractivity contribution in [2.24, 2.45) is 0 Å². The van der Waals surface area contributed by atoms with Crippen molar-refractivity contribution in [3.8, 4) is 5.75 Å². The maximum absolute atomic E-state index is 11.9. The Morgan fingerprint density at radius 3 is 2.67 bits per heavy atom. The van der Waals surface area contributed by atoms with Crippen LogP contribution in [-0.4, -0.2) is 22.6 Å². The molecule has 0 bridgehead atoms. The molecule has 1 aromatic carbocycles. The van der Waals surface area contributed by atoms with Gasteiger partial charge in [-0.1, -0.05) is 32.0 Å². The van der Waals surface area contributed by atoms with Crippen LogP contribution in [-0.2, 0) is 10.2 Å². The molecule has 0 saturated carbocycles. The number of hydrogen-bond donors (Lipinski definition) is 1. The van der Waals surface area contributed by atoms with Crippen LogP contribution in [0, 0.1) is 17.0 Å². The number of carbonyl (C=O) groups excluding carboxylic acids is 1. The van der Waals surface area contributed by atoms with Gasteiger partial charge < -0.3 is 9.26 Å². The van der Waals surface area contributed by atoms with Crippen molar-refractivity contribution in [3.63, 3.8) is 0 Å². The highest BCUT2D eigenvalue weighted by Gasteiger charge is 2.20. The summed E-state index contributed by atoms with van der Waals surface area (Å²) in [6, 6.07) is 6.16. The normalized spacial score (nSPS) is 11.2. The molecule has 0 aliphatic heterocycles. The number of amides is 1.